The summed E-state index contributed by atoms with van der Waals surface area (Å²) in [5, 5.41) is 3.02. The SMILES string of the molecule is [C-]#[O+].[Co].c1ccc([PH+](CC[c-]2cccc2)c2ccccc2)cc1. The number of aryl methyl sites for hydroxylation is 1. The van der Waals surface area contributed by atoms with Gasteiger partial charge in [-0.3, -0.25) is 0 Å². The third kappa shape index (κ3) is 5.88. The summed E-state index contributed by atoms with van der Waals surface area (Å²) in [5.74, 6) is 0. The zero-order valence-corrected chi connectivity index (χ0v) is 14.8. The van der Waals surface area contributed by atoms with E-state index < -0.39 is 7.92 Å². The largest absolute Gasteiger partial charge is 0.213 e. The third-order valence-electron chi connectivity index (χ3n) is 3.64. The van der Waals surface area contributed by atoms with Gasteiger partial charge in [0.15, 0.2) is 0 Å². The molecule has 0 saturated heterocycles. The van der Waals surface area contributed by atoms with Crippen LogP contribution in [-0.4, -0.2) is 6.16 Å². The second kappa shape index (κ2) is 11.1. The van der Waals surface area contributed by atoms with Crippen LogP contribution in [0.5, 0.6) is 0 Å². The molecule has 0 atom stereocenters. The Bertz CT molecular complexity index is 623. The molecule has 0 aliphatic carbocycles. The first-order valence-corrected chi connectivity index (χ1v) is 9.02. The molecular formula is C20H19CoOP. The van der Waals surface area contributed by atoms with Crippen LogP contribution in [0.4, 0.5) is 0 Å². The molecular weight excluding hydrogens is 346 g/mol. The van der Waals surface area contributed by atoms with Gasteiger partial charge in [-0.2, -0.15) is 17.7 Å². The van der Waals surface area contributed by atoms with Crippen LogP contribution in [0.3, 0.4) is 0 Å². The average Bonchev–Trinajstić information content (AvgIpc) is 3.12. The zero-order valence-electron chi connectivity index (χ0n) is 12.7. The van der Waals surface area contributed by atoms with Crippen molar-refractivity contribution in [3.63, 3.8) is 0 Å². The molecule has 0 heterocycles. The van der Waals surface area contributed by atoms with Crippen molar-refractivity contribution in [3.05, 3.63) is 97.1 Å². The van der Waals surface area contributed by atoms with Crippen molar-refractivity contribution in [1.29, 1.82) is 0 Å². The van der Waals surface area contributed by atoms with Crippen molar-refractivity contribution >= 4 is 18.5 Å². The van der Waals surface area contributed by atoms with Crippen LogP contribution in [0.25, 0.3) is 0 Å². The van der Waals surface area contributed by atoms with Gasteiger partial charge in [0, 0.05) is 16.8 Å². The van der Waals surface area contributed by atoms with Gasteiger partial charge >= 0.3 is 11.3 Å². The van der Waals surface area contributed by atoms with E-state index in [2.05, 4.69) is 91.6 Å². The molecule has 0 unspecified atom stereocenters. The maximum atomic E-state index is 7.50. The molecule has 0 aliphatic rings. The standard InChI is InChI=1S/C19H18P.CO.Co/c1-3-11-18(12-4-1)20(19-13-5-2-6-14-19)16-15-17-9-7-8-10-17;1-2;/h1-14H,15-16H2;;/q-1;;/p+1. The summed E-state index contributed by atoms with van der Waals surface area (Å²) in [4.78, 5) is 0. The van der Waals surface area contributed by atoms with Crippen molar-refractivity contribution in [2.75, 3.05) is 6.16 Å². The Morgan fingerprint density at radius 2 is 1.17 bits per heavy atom. The summed E-state index contributed by atoms with van der Waals surface area (Å²) >= 11 is 0. The van der Waals surface area contributed by atoms with Crippen LogP contribution in [0, 0.1) is 6.65 Å². The van der Waals surface area contributed by atoms with Crippen molar-refractivity contribution < 1.29 is 21.4 Å². The van der Waals surface area contributed by atoms with Gasteiger partial charge in [0.2, 0.25) is 0 Å². The van der Waals surface area contributed by atoms with E-state index in [1.807, 2.05) is 0 Å². The minimum atomic E-state index is -0.675. The summed E-state index contributed by atoms with van der Waals surface area (Å²) in [5.41, 5.74) is 1.46. The topological polar surface area (TPSA) is 19.9 Å². The molecule has 1 nitrogen and oxygen atoms in total. The van der Waals surface area contributed by atoms with E-state index in [0.29, 0.717) is 0 Å². The monoisotopic (exact) mass is 365 g/mol. The molecule has 1 radical (unpaired) electrons. The van der Waals surface area contributed by atoms with Crippen LogP contribution in [-0.2, 0) is 27.9 Å². The van der Waals surface area contributed by atoms with E-state index >= 15 is 0 Å². The van der Waals surface area contributed by atoms with E-state index in [4.69, 9.17) is 4.65 Å². The van der Waals surface area contributed by atoms with Gasteiger partial charge in [0.1, 0.15) is 0 Å². The molecule has 0 amide bonds. The molecule has 3 heteroatoms. The summed E-state index contributed by atoms with van der Waals surface area (Å²) in [6.45, 7) is 4.50. The molecule has 0 aromatic heterocycles. The van der Waals surface area contributed by atoms with E-state index in [-0.39, 0.29) is 16.8 Å². The number of rotatable bonds is 5. The van der Waals surface area contributed by atoms with Gasteiger partial charge < -0.3 is 0 Å². The molecule has 0 N–H and O–H groups in total. The Kier molecular flexibility index (Phi) is 9.39. The maximum absolute atomic E-state index is 7.50. The Balaban J connectivity index is 0.000000849. The van der Waals surface area contributed by atoms with Gasteiger partial charge in [0.25, 0.3) is 0 Å². The second-order valence-corrected chi connectivity index (χ2v) is 7.62. The Hall–Kier alpha value is -1.53. The van der Waals surface area contributed by atoms with Gasteiger partial charge in [-0.05, 0) is 30.7 Å². The van der Waals surface area contributed by atoms with Gasteiger partial charge in [-0.15, -0.1) is 0 Å². The molecule has 0 bridgehead atoms. The Morgan fingerprint density at radius 1 is 0.739 bits per heavy atom. The van der Waals surface area contributed by atoms with Crippen LogP contribution < -0.4 is 10.6 Å². The second-order valence-electron chi connectivity index (χ2n) is 5.00. The number of hydrogen-bond acceptors (Lipinski definition) is 0. The molecule has 0 spiro atoms. The van der Waals surface area contributed by atoms with E-state index in [9.17, 15) is 0 Å². The van der Waals surface area contributed by atoms with E-state index in [1.165, 1.54) is 28.8 Å². The Labute approximate surface area is 149 Å². The van der Waals surface area contributed by atoms with Crippen molar-refractivity contribution in [1.82, 2.24) is 0 Å². The predicted molar refractivity (Wildman–Crippen MR) is 95.0 cm³/mol. The fourth-order valence-corrected chi connectivity index (χ4v) is 5.22. The fraction of sp³-hybridized carbons (Fsp3) is 0.100. The Morgan fingerprint density at radius 3 is 1.61 bits per heavy atom. The van der Waals surface area contributed by atoms with Crippen molar-refractivity contribution in [3.8, 4) is 0 Å². The molecule has 3 aromatic rings. The molecule has 3 rings (SSSR count). The summed E-state index contributed by atoms with van der Waals surface area (Å²) in [6, 6.07) is 30.7. The normalized spacial score (nSPS) is 9.52. The van der Waals surface area contributed by atoms with Crippen LogP contribution in [0.15, 0.2) is 84.9 Å². The first-order valence-electron chi connectivity index (χ1n) is 7.31. The zero-order chi connectivity index (χ0) is 15.6. The molecule has 3 aromatic carbocycles. The summed E-state index contributed by atoms with van der Waals surface area (Å²) < 4.78 is 7.50. The quantitative estimate of drug-likeness (QED) is 0.373. The molecule has 119 valence electrons. The van der Waals surface area contributed by atoms with E-state index in [0.717, 1.165) is 0 Å². The first kappa shape index (κ1) is 19.5. The summed E-state index contributed by atoms with van der Waals surface area (Å²) in [7, 11) is -0.675. The minimum absolute atomic E-state index is 0. The van der Waals surface area contributed by atoms with Crippen LogP contribution in [0.1, 0.15) is 5.56 Å². The predicted octanol–water partition coefficient (Wildman–Crippen LogP) is 3.77. The van der Waals surface area contributed by atoms with Gasteiger partial charge in [-0.1, -0.05) is 36.4 Å². The number of benzene rings is 2. The molecule has 0 aliphatic heterocycles. The minimum Gasteiger partial charge on any atom is -0.213 e. The fourth-order valence-electron chi connectivity index (χ4n) is 2.58. The first-order chi connectivity index (χ1) is 10.9. The smallest absolute Gasteiger partial charge is 0.0966 e. The van der Waals surface area contributed by atoms with Crippen molar-refractivity contribution in [2.24, 2.45) is 0 Å². The van der Waals surface area contributed by atoms with Crippen molar-refractivity contribution in [2.45, 2.75) is 6.42 Å². The van der Waals surface area contributed by atoms with Gasteiger partial charge in [-0.25, -0.2) is 12.1 Å². The van der Waals surface area contributed by atoms with Crippen LogP contribution >= 0.6 is 7.92 Å². The molecule has 0 fully saturated rings. The number of hydrogen-bond donors (Lipinski definition) is 0. The average molecular weight is 365 g/mol. The van der Waals surface area contributed by atoms with Gasteiger partial charge in [0.05, 0.1) is 24.7 Å². The molecule has 23 heavy (non-hydrogen) atoms. The van der Waals surface area contributed by atoms with E-state index in [1.54, 1.807) is 0 Å². The maximum Gasteiger partial charge on any atom is 0.0966 e. The third-order valence-corrected chi connectivity index (χ3v) is 6.45. The summed E-state index contributed by atoms with van der Waals surface area (Å²) in [6.07, 6.45) is 2.42. The molecule has 0 saturated carbocycles. The van der Waals surface area contributed by atoms with Crippen LogP contribution in [0.2, 0.25) is 0 Å².